The Morgan fingerprint density at radius 3 is 2.43 bits per heavy atom. The predicted octanol–water partition coefficient (Wildman–Crippen LogP) is -0.0146. The van der Waals surface area contributed by atoms with Gasteiger partial charge in [0.25, 0.3) is 0 Å². The van der Waals surface area contributed by atoms with Gasteiger partial charge in [0, 0.05) is 5.54 Å². The Hall–Kier alpha value is -1.62. The molecule has 76 valence electrons. The van der Waals surface area contributed by atoms with E-state index < -0.39 is 23.4 Å². The molecule has 0 fully saturated rings. The number of aliphatic carboxylic acids is 2. The number of carboxylic acid groups (broad SMARTS) is 2. The zero-order chi connectivity index (χ0) is 10.9. The summed E-state index contributed by atoms with van der Waals surface area (Å²) in [4.78, 5) is 21.3. The number of nitrogens with two attached hydrogens (primary N) is 1. The highest BCUT2D eigenvalue weighted by molar-refractivity contribution is 5.91. The summed E-state index contributed by atoms with van der Waals surface area (Å²) in [6.07, 6.45) is 3.82. The van der Waals surface area contributed by atoms with Crippen LogP contribution in [0.5, 0.6) is 0 Å². The van der Waals surface area contributed by atoms with E-state index >= 15 is 0 Å². The summed E-state index contributed by atoms with van der Waals surface area (Å²) < 4.78 is 0. The molecule has 0 aromatic carbocycles. The largest absolute Gasteiger partial charge is 0.481 e. The Morgan fingerprint density at radius 1 is 1.50 bits per heavy atom. The van der Waals surface area contributed by atoms with Crippen molar-refractivity contribution in [3.8, 4) is 0 Å². The molecule has 1 aliphatic rings. The highest BCUT2D eigenvalue weighted by atomic mass is 16.4. The van der Waals surface area contributed by atoms with E-state index in [0.29, 0.717) is 0 Å². The van der Waals surface area contributed by atoms with Crippen molar-refractivity contribution in [3.63, 3.8) is 0 Å². The minimum Gasteiger partial charge on any atom is -0.481 e. The van der Waals surface area contributed by atoms with Gasteiger partial charge in [0.2, 0.25) is 0 Å². The fourth-order valence-corrected chi connectivity index (χ4v) is 1.36. The lowest BCUT2D eigenvalue weighted by atomic mass is 9.81. The molecule has 0 amide bonds. The van der Waals surface area contributed by atoms with Gasteiger partial charge in [-0.05, 0) is 13.0 Å². The van der Waals surface area contributed by atoms with Crippen LogP contribution in [-0.2, 0) is 9.59 Å². The predicted molar refractivity (Wildman–Crippen MR) is 48.6 cm³/mol. The molecular weight excluding hydrogens is 186 g/mol. The van der Waals surface area contributed by atoms with E-state index in [1.165, 1.54) is 25.2 Å². The molecule has 4 N–H and O–H groups in total. The summed E-state index contributed by atoms with van der Waals surface area (Å²) >= 11 is 0. The highest BCUT2D eigenvalue weighted by Gasteiger charge is 2.35. The second-order valence-corrected chi connectivity index (χ2v) is 3.45. The first-order valence-electron chi connectivity index (χ1n) is 4.00. The zero-order valence-electron chi connectivity index (χ0n) is 7.60. The van der Waals surface area contributed by atoms with Gasteiger partial charge in [-0.15, -0.1) is 0 Å². The van der Waals surface area contributed by atoms with E-state index in [2.05, 4.69) is 0 Å². The molecule has 0 saturated heterocycles. The topological polar surface area (TPSA) is 101 Å². The molecule has 0 aromatic rings. The van der Waals surface area contributed by atoms with Gasteiger partial charge < -0.3 is 15.9 Å². The van der Waals surface area contributed by atoms with Crippen molar-refractivity contribution < 1.29 is 19.8 Å². The monoisotopic (exact) mass is 197 g/mol. The average Bonchev–Trinajstić information content (AvgIpc) is 2.01. The van der Waals surface area contributed by atoms with Crippen molar-refractivity contribution in [2.24, 2.45) is 11.7 Å². The van der Waals surface area contributed by atoms with Gasteiger partial charge in [-0.2, -0.15) is 0 Å². The Balaban J connectivity index is 3.04. The fraction of sp³-hybridized carbons (Fsp3) is 0.333. The quantitative estimate of drug-likeness (QED) is 0.577. The standard InChI is InChI=1S/C9H11NO4/c1-9(10)4-5(7(11)12)2-3-6(9)8(13)14/h2-4,6H,10H2,1H3,(H,11,12)(H,13,14). The SMILES string of the molecule is CC1(N)C=C(C(=O)O)C=CC1C(=O)O. The number of carbonyl (C=O) groups is 2. The first-order chi connectivity index (χ1) is 6.34. The van der Waals surface area contributed by atoms with E-state index in [1.807, 2.05) is 0 Å². The minimum atomic E-state index is -1.16. The Kier molecular flexibility index (Phi) is 2.44. The van der Waals surface area contributed by atoms with E-state index in [4.69, 9.17) is 15.9 Å². The zero-order valence-corrected chi connectivity index (χ0v) is 7.60. The smallest absolute Gasteiger partial charge is 0.335 e. The first kappa shape index (κ1) is 10.5. The molecule has 0 bridgehead atoms. The lowest BCUT2D eigenvalue weighted by Gasteiger charge is -2.28. The van der Waals surface area contributed by atoms with Gasteiger partial charge in [0.05, 0.1) is 11.5 Å². The molecule has 0 heterocycles. The minimum absolute atomic E-state index is 0.0208. The number of rotatable bonds is 2. The molecule has 0 spiro atoms. The van der Waals surface area contributed by atoms with Crippen molar-refractivity contribution in [1.29, 1.82) is 0 Å². The Labute approximate surface area is 80.5 Å². The molecule has 1 aliphatic carbocycles. The fourth-order valence-electron chi connectivity index (χ4n) is 1.36. The molecule has 0 radical (unpaired) electrons. The number of hydrogen-bond donors (Lipinski definition) is 3. The molecule has 0 aliphatic heterocycles. The third kappa shape index (κ3) is 1.82. The number of carboxylic acids is 2. The van der Waals surface area contributed by atoms with E-state index in [9.17, 15) is 9.59 Å². The van der Waals surface area contributed by atoms with Crippen LogP contribution in [0, 0.1) is 5.92 Å². The van der Waals surface area contributed by atoms with Crippen molar-refractivity contribution in [2.45, 2.75) is 12.5 Å². The maximum Gasteiger partial charge on any atom is 0.335 e. The maximum absolute atomic E-state index is 10.7. The summed E-state index contributed by atoms with van der Waals surface area (Å²) in [7, 11) is 0. The van der Waals surface area contributed by atoms with Crippen LogP contribution in [0.2, 0.25) is 0 Å². The van der Waals surface area contributed by atoms with Gasteiger partial charge in [-0.3, -0.25) is 4.79 Å². The van der Waals surface area contributed by atoms with E-state index in [1.54, 1.807) is 0 Å². The summed E-state index contributed by atoms with van der Waals surface area (Å²) in [5.74, 6) is -3.06. The molecule has 2 unspecified atom stereocenters. The Morgan fingerprint density at radius 2 is 2.07 bits per heavy atom. The van der Waals surface area contributed by atoms with Crippen LogP contribution in [0.4, 0.5) is 0 Å². The molecule has 14 heavy (non-hydrogen) atoms. The van der Waals surface area contributed by atoms with Crippen molar-refractivity contribution in [1.82, 2.24) is 0 Å². The lowest BCUT2D eigenvalue weighted by Crippen LogP contribution is -2.47. The Bertz CT molecular complexity index is 341. The van der Waals surface area contributed by atoms with Gasteiger partial charge in [-0.1, -0.05) is 12.2 Å². The lowest BCUT2D eigenvalue weighted by molar-refractivity contribution is -0.141. The maximum atomic E-state index is 10.7. The van der Waals surface area contributed by atoms with Crippen molar-refractivity contribution >= 4 is 11.9 Å². The van der Waals surface area contributed by atoms with Crippen LogP contribution in [0.1, 0.15) is 6.92 Å². The molecule has 0 aromatic heterocycles. The highest BCUT2D eigenvalue weighted by Crippen LogP contribution is 2.25. The van der Waals surface area contributed by atoms with Gasteiger partial charge in [0.15, 0.2) is 0 Å². The second kappa shape index (κ2) is 3.26. The van der Waals surface area contributed by atoms with Crippen LogP contribution in [0.3, 0.4) is 0 Å². The van der Waals surface area contributed by atoms with Gasteiger partial charge >= 0.3 is 11.9 Å². The van der Waals surface area contributed by atoms with Gasteiger partial charge in [0.1, 0.15) is 0 Å². The average molecular weight is 197 g/mol. The summed E-state index contributed by atoms with van der Waals surface area (Å²) in [6.45, 7) is 1.48. The molecule has 2 atom stereocenters. The molecule has 5 heteroatoms. The summed E-state index contributed by atoms with van der Waals surface area (Å²) in [6, 6.07) is 0. The van der Waals surface area contributed by atoms with Crippen LogP contribution >= 0.6 is 0 Å². The van der Waals surface area contributed by atoms with Crippen LogP contribution in [0.15, 0.2) is 23.8 Å². The number of hydrogen-bond acceptors (Lipinski definition) is 3. The normalized spacial score (nSPS) is 31.0. The second-order valence-electron chi connectivity index (χ2n) is 3.45. The molecular formula is C9H11NO4. The van der Waals surface area contributed by atoms with Crippen LogP contribution < -0.4 is 5.73 Å². The van der Waals surface area contributed by atoms with E-state index in [0.717, 1.165) is 0 Å². The molecule has 5 nitrogen and oxygen atoms in total. The van der Waals surface area contributed by atoms with Gasteiger partial charge in [-0.25, -0.2) is 4.79 Å². The van der Waals surface area contributed by atoms with Crippen LogP contribution in [0.25, 0.3) is 0 Å². The molecule has 1 rings (SSSR count). The third-order valence-corrected chi connectivity index (χ3v) is 2.12. The third-order valence-electron chi connectivity index (χ3n) is 2.12. The summed E-state index contributed by atoms with van der Waals surface area (Å²) in [5.41, 5.74) is 4.54. The van der Waals surface area contributed by atoms with Crippen molar-refractivity contribution in [3.05, 3.63) is 23.8 Å². The van der Waals surface area contributed by atoms with Crippen LogP contribution in [-0.4, -0.2) is 27.7 Å². The first-order valence-corrected chi connectivity index (χ1v) is 4.00. The van der Waals surface area contributed by atoms with E-state index in [-0.39, 0.29) is 5.57 Å². The summed E-state index contributed by atoms with van der Waals surface area (Å²) in [5, 5.41) is 17.5. The van der Waals surface area contributed by atoms with Crippen molar-refractivity contribution in [2.75, 3.05) is 0 Å². The molecule has 0 saturated carbocycles.